The van der Waals surface area contributed by atoms with Gasteiger partial charge in [0.1, 0.15) is 12.1 Å². The lowest BCUT2D eigenvalue weighted by Crippen LogP contribution is -2.55. The van der Waals surface area contributed by atoms with Crippen LogP contribution >= 0.6 is 11.3 Å². The first-order valence-electron chi connectivity index (χ1n) is 13.2. The van der Waals surface area contributed by atoms with Gasteiger partial charge in [-0.05, 0) is 60.6 Å². The van der Waals surface area contributed by atoms with Gasteiger partial charge in [-0.1, -0.05) is 38.1 Å². The Labute approximate surface area is 232 Å². The summed E-state index contributed by atoms with van der Waals surface area (Å²) in [5.74, 6) is -0.732. The molecule has 3 heterocycles. The molecule has 0 bridgehead atoms. The molecule has 9 heteroatoms. The van der Waals surface area contributed by atoms with Crippen molar-refractivity contribution in [3.8, 4) is 16.5 Å². The predicted octanol–water partition coefficient (Wildman–Crippen LogP) is 4.28. The predicted molar refractivity (Wildman–Crippen MR) is 149 cm³/mol. The molecule has 39 heavy (non-hydrogen) atoms. The number of thiazole rings is 1. The number of nitrogens with one attached hydrogen (secondary N) is 1. The van der Waals surface area contributed by atoms with E-state index >= 15 is 0 Å². The van der Waals surface area contributed by atoms with Crippen molar-refractivity contribution in [1.29, 1.82) is 5.26 Å². The van der Waals surface area contributed by atoms with Crippen LogP contribution in [-0.4, -0.2) is 51.1 Å². The van der Waals surface area contributed by atoms with Crippen LogP contribution in [0.5, 0.6) is 0 Å². The minimum atomic E-state index is -0.688. The van der Waals surface area contributed by atoms with Gasteiger partial charge in [0.15, 0.2) is 0 Å². The van der Waals surface area contributed by atoms with Crippen LogP contribution < -0.4 is 5.32 Å². The Kier molecular flexibility index (Phi) is 7.49. The molecule has 200 valence electrons. The summed E-state index contributed by atoms with van der Waals surface area (Å²) in [6.07, 6.45) is 1.32. The summed E-state index contributed by atoms with van der Waals surface area (Å²) >= 11 is 1.60. The van der Waals surface area contributed by atoms with Crippen LogP contribution in [-0.2, 0) is 22.7 Å². The molecular formula is C30H31N5O3S. The topological polar surface area (TPSA) is 106 Å². The third-order valence-electron chi connectivity index (χ3n) is 7.55. The number of aromatic nitrogens is 1. The molecule has 2 aromatic carbocycles. The number of fused-ring (bicyclic) bond motifs is 1. The molecule has 1 aromatic heterocycles. The molecule has 1 fully saturated rings. The summed E-state index contributed by atoms with van der Waals surface area (Å²) in [5, 5.41) is 12.3. The van der Waals surface area contributed by atoms with Crippen molar-refractivity contribution in [3.05, 3.63) is 75.9 Å². The fourth-order valence-electron chi connectivity index (χ4n) is 5.55. The number of aryl methyl sites for hydroxylation is 1. The standard InChI is InChI=1S/C30H31N5O3S/c1-18(2)26(35-16-23-13-21(14-31)8-11-24(23)29(35)37)30(38)34-12-4-5-25(34)28(36)32-15-20-6-9-22(10-7-20)27-19(3)33-17-39-27/h6-11,13,17-18,25-26H,4-5,12,15-16H2,1-3H3,(H,32,36)/t25-,26?/m0/s1. The molecule has 2 aliphatic rings. The Balaban J connectivity index is 1.26. The van der Waals surface area contributed by atoms with Gasteiger partial charge in [-0.15, -0.1) is 11.3 Å². The van der Waals surface area contributed by atoms with Gasteiger partial charge in [0.25, 0.3) is 5.91 Å². The molecule has 0 spiro atoms. The number of nitrogens with zero attached hydrogens (tertiary/aromatic N) is 4. The summed E-state index contributed by atoms with van der Waals surface area (Å²) in [6, 6.07) is 13.9. The van der Waals surface area contributed by atoms with Crippen LogP contribution in [0.3, 0.4) is 0 Å². The van der Waals surface area contributed by atoms with Crippen LogP contribution in [0.25, 0.3) is 10.4 Å². The molecule has 3 aromatic rings. The van der Waals surface area contributed by atoms with E-state index in [-0.39, 0.29) is 30.2 Å². The van der Waals surface area contributed by atoms with Gasteiger partial charge in [-0.3, -0.25) is 14.4 Å². The summed E-state index contributed by atoms with van der Waals surface area (Å²) in [5.41, 5.74) is 6.67. The average Bonchev–Trinajstić information content (AvgIpc) is 3.67. The monoisotopic (exact) mass is 541 g/mol. The van der Waals surface area contributed by atoms with Gasteiger partial charge >= 0.3 is 0 Å². The molecule has 3 amide bonds. The number of carbonyl (C=O) groups excluding carboxylic acids is 3. The largest absolute Gasteiger partial charge is 0.350 e. The number of amides is 3. The summed E-state index contributed by atoms with van der Waals surface area (Å²) < 4.78 is 0. The highest BCUT2D eigenvalue weighted by molar-refractivity contribution is 7.13. The Morgan fingerprint density at radius 3 is 2.64 bits per heavy atom. The van der Waals surface area contributed by atoms with Crippen LogP contribution in [0.15, 0.2) is 48.0 Å². The lowest BCUT2D eigenvalue weighted by molar-refractivity contribution is -0.143. The number of likely N-dealkylation sites (tertiary alicyclic amines) is 1. The second-order valence-electron chi connectivity index (χ2n) is 10.5. The minimum absolute atomic E-state index is 0.142. The molecule has 8 nitrogen and oxygen atoms in total. The molecule has 1 saturated heterocycles. The third-order valence-corrected chi connectivity index (χ3v) is 8.53. The number of nitriles is 1. The smallest absolute Gasteiger partial charge is 0.255 e. The fraction of sp³-hybridized carbons (Fsp3) is 0.367. The van der Waals surface area contributed by atoms with Gasteiger partial charge in [-0.25, -0.2) is 4.98 Å². The van der Waals surface area contributed by atoms with Crippen molar-refractivity contribution >= 4 is 29.1 Å². The van der Waals surface area contributed by atoms with Crippen molar-refractivity contribution in [2.45, 2.75) is 58.8 Å². The van der Waals surface area contributed by atoms with E-state index in [1.807, 2.05) is 50.5 Å². The molecule has 2 atom stereocenters. The Morgan fingerprint density at radius 2 is 1.97 bits per heavy atom. The maximum absolute atomic E-state index is 13.9. The zero-order chi connectivity index (χ0) is 27.7. The highest BCUT2D eigenvalue weighted by Crippen LogP contribution is 2.31. The Bertz CT molecular complexity index is 1460. The van der Waals surface area contributed by atoms with Crippen molar-refractivity contribution in [2.75, 3.05) is 6.54 Å². The first-order chi connectivity index (χ1) is 18.8. The number of hydrogen-bond donors (Lipinski definition) is 1. The zero-order valence-corrected chi connectivity index (χ0v) is 23.1. The van der Waals surface area contributed by atoms with Crippen molar-refractivity contribution in [3.63, 3.8) is 0 Å². The Hall–Kier alpha value is -4.03. The highest BCUT2D eigenvalue weighted by Gasteiger charge is 2.43. The zero-order valence-electron chi connectivity index (χ0n) is 22.3. The minimum Gasteiger partial charge on any atom is -0.350 e. The van der Waals surface area contributed by atoms with E-state index in [9.17, 15) is 19.6 Å². The van der Waals surface area contributed by atoms with E-state index in [0.717, 1.165) is 33.7 Å². The van der Waals surface area contributed by atoms with Crippen LogP contribution in [0.2, 0.25) is 0 Å². The van der Waals surface area contributed by atoms with Gasteiger partial charge in [-0.2, -0.15) is 5.26 Å². The SMILES string of the molecule is Cc1ncsc1-c1ccc(CNC(=O)[C@@H]2CCCN2C(=O)C(C(C)C)N2Cc3cc(C#N)ccc3C2=O)cc1. The third kappa shape index (κ3) is 5.17. The number of benzene rings is 2. The highest BCUT2D eigenvalue weighted by atomic mass is 32.1. The molecule has 0 radical (unpaired) electrons. The van der Waals surface area contributed by atoms with Gasteiger partial charge < -0.3 is 15.1 Å². The summed E-state index contributed by atoms with van der Waals surface area (Å²) in [7, 11) is 0. The number of hydrogen-bond acceptors (Lipinski definition) is 6. The van der Waals surface area contributed by atoms with Crippen molar-refractivity contribution in [2.24, 2.45) is 5.92 Å². The number of rotatable bonds is 7. The van der Waals surface area contributed by atoms with E-state index in [2.05, 4.69) is 16.4 Å². The Morgan fingerprint density at radius 1 is 1.21 bits per heavy atom. The van der Waals surface area contributed by atoms with Crippen LogP contribution in [0, 0.1) is 24.2 Å². The van der Waals surface area contributed by atoms with Crippen LogP contribution in [0.1, 0.15) is 59.4 Å². The van der Waals surface area contributed by atoms with Crippen molar-refractivity contribution < 1.29 is 14.4 Å². The maximum atomic E-state index is 13.9. The summed E-state index contributed by atoms with van der Waals surface area (Å²) in [4.78, 5) is 49.0. The molecule has 0 saturated carbocycles. The van der Waals surface area contributed by atoms with E-state index in [1.54, 1.807) is 39.3 Å². The molecule has 0 aliphatic carbocycles. The van der Waals surface area contributed by atoms with Gasteiger partial charge in [0, 0.05) is 25.2 Å². The maximum Gasteiger partial charge on any atom is 0.255 e. The van der Waals surface area contributed by atoms with E-state index < -0.39 is 12.1 Å². The van der Waals surface area contributed by atoms with Gasteiger partial charge in [0.2, 0.25) is 11.8 Å². The number of carbonyl (C=O) groups is 3. The lowest BCUT2D eigenvalue weighted by atomic mass is 10.0. The molecule has 1 unspecified atom stereocenters. The second kappa shape index (κ2) is 11.0. The quantitative estimate of drug-likeness (QED) is 0.481. The lowest BCUT2D eigenvalue weighted by Gasteiger charge is -2.35. The van der Waals surface area contributed by atoms with Gasteiger partial charge in [0.05, 0.1) is 27.7 Å². The van der Waals surface area contributed by atoms with Crippen molar-refractivity contribution in [1.82, 2.24) is 20.1 Å². The molecule has 2 aliphatic heterocycles. The average molecular weight is 542 g/mol. The van der Waals surface area contributed by atoms with E-state index in [0.29, 0.717) is 30.6 Å². The fourth-order valence-corrected chi connectivity index (χ4v) is 6.36. The normalized spacial score (nSPS) is 17.3. The van der Waals surface area contributed by atoms with E-state index in [4.69, 9.17) is 0 Å². The molecule has 5 rings (SSSR count). The summed E-state index contributed by atoms with van der Waals surface area (Å²) in [6.45, 7) is 6.95. The molecular weight excluding hydrogens is 510 g/mol. The first-order valence-corrected chi connectivity index (χ1v) is 14.1. The first kappa shape index (κ1) is 26.6. The molecule has 1 N–H and O–H groups in total. The van der Waals surface area contributed by atoms with Crippen LogP contribution in [0.4, 0.5) is 0 Å². The second-order valence-corrected chi connectivity index (χ2v) is 11.3. The van der Waals surface area contributed by atoms with E-state index in [1.165, 1.54) is 0 Å².